The molecule has 2 N–H and O–H groups in total. The molecule has 2 rings (SSSR count). The molecule has 0 fully saturated rings. The number of likely N-dealkylation sites (N-methyl/N-ethyl adjacent to an activating group) is 1. The Hall–Kier alpha value is -1.55. The standard InChI is InChI=1S/C10H14N3O/c1-13(2)6-5-8(12-10(13)11)9-4-3-7-14-9/h3-5,7H,6H2,1-2H3,(H2,11,12)/q+1. The molecule has 4 heteroatoms. The van der Waals surface area contributed by atoms with Crippen molar-refractivity contribution in [2.24, 2.45) is 10.7 Å². The van der Waals surface area contributed by atoms with E-state index >= 15 is 0 Å². The molecule has 1 aromatic rings. The van der Waals surface area contributed by atoms with Crippen LogP contribution >= 0.6 is 0 Å². The molecule has 0 aromatic carbocycles. The van der Waals surface area contributed by atoms with E-state index in [1.807, 2.05) is 32.3 Å². The minimum absolute atomic E-state index is 0.601. The number of hydrogen-bond acceptors (Lipinski definition) is 3. The SMILES string of the molecule is C[N+]1(C)CC=C(c2ccco2)N=C1N. The summed E-state index contributed by atoms with van der Waals surface area (Å²) in [5.74, 6) is 1.38. The van der Waals surface area contributed by atoms with Gasteiger partial charge in [-0.25, -0.2) is 0 Å². The number of nitrogens with zero attached hydrogens (tertiary/aromatic N) is 2. The van der Waals surface area contributed by atoms with Crippen molar-refractivity contribution < 1.29 is 8.90 Å². The molecule has 0 saturated carbocycles. The topological polar surface area (TPSA) is 51.5 Å². The number of hydrogen-bond donors (Lipinski definition) is 1. The van der Waals surface area contributed by atoms with E-state index in [4.69, 9.17) is 10.2 Å². The summed E-state index contributed by atoms with van der Waals surface area (Å²) in [4.78, 5) is 4.31. The molecule has 4 nitrogen and oxygen atoms in total. The molecule has 1 aromatic heterocycles. The van der Waals surface area contributed by atoms with Gasteiger partial charge in [0, 0.05) is 6.08 Å². The Morgan fingerprint density at radius 3 is 2.86 bits per heavy atom. The van der Waals surface area contributed by atoms with Crippen LogP contribution in [0.25, 0.3) is 5.70 Å². The van der Waals surface area contributed by atoms with Crippen LogP contribution in [0.15, 0.2) is 33.9 Å². The average Bonchev–Trinajstić information content (AvgIpc) is 2.62. The number of guanidine groups is 1. The van der Waals surface area contributed by atoms with E-state index in [1.165, 1.54) is 0 Å². The van der Waals surface area contributed by atoms with Gasteiger partial charge in [-0.15, -0.1) is 0 Å². The molecule has 1 aliphatic heterocycles. The van der Waals surface area contributed by atoms with E-state index in [9.17, 15) is 0 Å². The van der Waals surface area contributed by atoms with Crippen LogP contribution in [0, 0.1) is 0 Å². The molecule has 14 heavy (non-hydrogen) atoms. The minimum Gasteiger partial charge on any atom is -0.463 e. The van der Waals surface area contributed by atoms with E-state index in [2.05, 4.69) is 4.99 Å². The molecule has 2 heterocycles. The van der Waals surface area contributed by atoms with Gasteiger partial charge in [0.25, 0.3) is 5.96 Å². The van der Waals surface area contributed by atoms with Gasteiger partial charge in [0.2, 0.25) is 0 Å². The molecular weight excluding hydrogens is 178 g/mol. The molecule has 0 radical (unpaired) electrons. The summed E-state index contributed by atoms with van der Waals surface area (Å²) in [5, 5.41) is 0. The maximum atomic E-state index is 5.85. The number of rotatable bonds is 1. The predicted molar refractivity (Wildman–Crippen MR) is 55.3 cm³/mol. The summed E-state index contributed by atoms with van der Waals surface area (Å²) < 4.78 is 5.85. The first-order valence-corrected chi connectivity index (χ1v) is 4.51. The van der Waals surface area contributed by atoms with Crippen LogP contribution in [0.2, 0.25) is 0 Å². The van der Waals surface area contributed by atoms with Crippen LogP contribution < -0.4 is 5.73 Å². The number of quaternary nitrogens is 1. The van der Waals surface area contributed by atoms with Crippen molar-refractivity contribution in [1.29, 1.82) is 0 Å². The maximum absolute atomic E-state index is 5.85. The van der Waals surface area contributed by atoms with Crippen LogP contribution in [0.5, 0.6) is 0 Å². The Balaban J connectivity index is 2.32. The molecule has 0 spiro atoms. The molecule has 0 aliphatic carbocycles. The highest BCUT2D eigenvalue weighted by Gasteiger charge is 2.25. The fraction of sp³-hybridized carbons (Fsp3) is 0.300. The largest absolute Gasteiger partial charge is 0.463 e. The molecule has 0 saturated heterocycles. The van der Waals surface area contributed by atoms with Crippen molar-refractivity contribution in [3.05, 3.63) is 30.2 Å². The van der Waals surface area contributed by atoms with Gasteiger partial charge < -0.3 is 10.2 Å². The molecule has 1 aliphatic rings. The van der Waals surface area contributed by atoms with Gasteiger partial charge in [0.15, 0.2) is 5.76 Å². The highest BCUT2D eigenvalue weighted by molar-refractivity contribution is 5.81. The first-order chi connectivity index (χ1) is 6.59. The van der Waals surface area contributed by atoms with Gasteiger partial charge in [-0.05, 0) is 12.1 Å². The zero-order valence-electron chi connectivity index (χ0n) is 8.40. The summed E-state index contributed by atoms with van der Waals surface area (Å²) in [6.07, 6.45) is 3.67. The molecule has 0 atom stereocenters. The van der Waals surface area contributed by atoms with E-state index in [1.54, 1.807) is 6.26 Å². The zero-order valence-corrected chi connectivity index (χ0v) is 8.40. The fourth-order valence-electron chi connectivity index (χ4n) is 1.29. The fourth-order valence-corrected chi connectivity index (χ4v) is 1.29. The Kier molecular flexibility index (Phi) is 1.93. The van der Waals surface area contributed by atoms with Crippen molar-refractivity contribution in [3.8, 4) is 0 Å². The van der Waals surface area contributed by atoms with Crippen LogP contribution in [0.4, 0.5) is 0 Å². The Morgan fingerprint density at radius 1 is 1.50 bits per heavy atom. The van der Waals surface area contributed by atoms with Gasteiger partial charge in [-0.3, -0.25) is 4.48 Å². The number of furan rings is 1. The van der Waals surface area contributed by atoms with Crippen molar-refractivity contribution >= 4 is 11.7 Å². The highest BCUT2D eigenvalue weighted by atomic mass is 16.3. The van der Waals surface area contributed by atoms with Gasteiger partial charge in [-0.2, -0.15) is 4.99 Å². The Bertz CT molecular complexity index is 388. The zero-order chi connectivity index (χ0) is 10.2. The van der Waals surface area contributed by atoms with Gasteiger partial charge in [0.05, 0.1) is 20.4 Å². The monoisotopic (exact) mass is 192 g/mol. The Labute approximate surface area is 82.9 Å². The second-order valence-corrected chi connectivity index (χ2v) is 3.90. The van der Waals surface area contributed by atoms with Crippen LogP contribution in [0.1, 0.15) is 5.76 Å². The van der Waals surface area contributed by atoms with Crippen molar-refractivity contribution in [2.75, 3.05) is 20.6 Å². The minimum atomic E-state index is 0.601. The lowest BCUT2D eigenvalue weighted by Gasteiger charge is -2.28. The third-order valence-corrected chi connectivity index (χ3v) is 2.37. The van der Waals surface area contributed by atoms with Gasteiger partial charge in [0.1, 0.15) is 12.2 Å². The second kappa shape index (κ2) is 2.99. The lowest BCUT2D eigenvalue weighted by atomic mass is 10.2. The molecule has 0 unspecified atom stereocenters. The Morgan fingerprint density at radius 2 is 2.29 bits per heavy atom. The second-order valence-electron chi connectivity index (χ2n) is 3.90. The lowest BCUT2D eigenvalue weighted by molar-refractivity contribution is -0.794. The van der Waals surface area contributed by atoms with E-state index in [0.717, 1.165) is 18.0 Å². The summed E-state index contributed by atoms with van der Waals surface area (Å²) in [6.45, 7) is 0.839. The van der Waals surface area contributed by atoms with Crippen LogP contribution in [-0.2, 0) is 0 Å². The first kappa shape index (κ1) is 9.02. The van der Waals surface area contributed by atoms with Crippen molar-refractivity contribution in [1.82, 2.24) is 0 Å². The van der Waals surface area contributed by atoms with E-state index in [0.29, 0.717) is 10.4 Å². The van der Waals surface area contributed by atoms with E-state index in [-0.39, 0.29) is 0 Å². The summed E-state index contributed by atoms with van der Waals surface area (Å²) in [5.41, 5.74) is 6.67. The molecule has 0 bridgehead atoms. The van der Waals surface area contributed by atoms with Gasteiger partial charge >= 0.3 is 0 Å². The third kappa shape index (κ3) is 1.44. The smallest absolute Gasteiger partial charge is 0.300 e. The van der Waals surface area contributed by atoms with Crippen molar-refractivity contribution in [2.45, 2.75) is 0 Å². The summed E-state index contributed by atoms with van der Waals surface area (Å²) in [6, 6.07) is 3.73. The highest BCUT2D eigenvalue weighted by Crippen LogP contribution is 2.20. The van der Waals surface area contributed by atoms with Crippen molar-refractivity contribution in [3.63, 3.8) is 0 Å². The summed E-state index contributed by atoms with van der Waals surface area (Å²) >= 11 is 0. The average molecular weight is 192 g/mol. The quantitative estimate of drug-likeness (QED) is 0.675. The molecular formula is C10H14N3O+. The molecule has 0 amide bonds. The normalized spacial score (nSPS) is 20.1. The number of nitrogens with two attached hydrogens (primary N) is 1. The van der Waals surface area contributed by atoms with Crippen LogP contribution in [-0.4, -0.2) is 31.1 Å². The molecule has 74 valence electrons. The van der Waals surface area contributed by atoms with Crippen LogP contribution in [0.3, 0.4) is 0 Å². The lowest BCUT2D eigenvalue weighted by Crippen LogP contribution is -2.51. The summed E-state index contributed by atoms with van der Waals surface area (Å²) in [7, 11) is 4.04. The van der Waals surface area contributed by atoms with Gasteiger partial charge in [-0.1, -0.05) is 0 Å². The third-order valence-electron chi connectivity index (χ3n) is 2.37. The number of aliphatic imine (C=N–C) groups is 1. The van der Waals surface area contributed by atoms with E-state index < -0.39 is 0 Å². The predicted octanol–water partition coefficient (Wildman–Crippen LogP) is 1.03. The first-order valence-electron chi connectivity index (χ1n) is 4.51. The maximum Gasteiger partial charge on any atom is 0.300 e.